The molecule has 3 rings (SSSR count). The largest absolute Gasteiger partial charge is 0.0625 e. The van der Waals surface area contributed by atoms with E-state index in [4.69, 9.17) is 0 Å². The van der Waals surface area contributed by atoms with Crippen molar-refractivity contribution >= 4 is 0 Å². The molecule has 0 aromatic rings. The maximum atomic E-state index is 2.42. The van der Waals surface area contributed by atoms with E-state index < -0.39 is 0 Å². The summed E-state index contributed by atoms with van der Waals surface area (Å²) in [6.45, 7) is 9.65. The molecular formula is C15H26. The molecule has 0 N–H and O–H groups in total. The van der Waals surface area contributed by atoms with Crippen LogP contribution < -0.4 is 0 Å². The normalized spacial score (nSPS) is 52.4. The zero-order valence-corrected chi connectivity index (χ0v) is 10.8. The van der Waals surface area contributed by atoms with Gasteiger partial charge in [-0.05, 0) is 66.6 Å². The third kappa shape index (κ3) is 1.26. The third-order valence-electron chi connectivity index (χ3n) is 6.14. The molecule has 2 unspecified atom stereocenters. The Hall–Kier alpha value is 0. The lowest BCUT2D eigenvalue weighted by molar-refractivity contribution is 0.0729. The summed E-state index contributed by atoms with van der Waals surface area (Å²) in [4.78, 5) is 0. The predicted molar refractivity (Wildman–Crippen MR) is 64.5 cm³/mol. The van der Waals surface area contributed by atoms with Crippen LogP contribution in [0.15, 0.2) is 0 Å². The zero-order valence-electron chi connectivity index (χ0n) is 10.8. The van der Waals surface area contributed by atoms with Crippen LogP contribution in [0.25, 0.3) is 0 Å². The molecule has 1 spiro atoms. The van der Waals surface area contributed by atoms with Gasteiger partial charge in [-0.25, -0.2) is 0 Å². The topological polar surface area (TPSA) is 0 Å². The van der Waals surface area contributed by atoms with Crippen LogP contribution in [0.1, 0.15) is 53.4 Å². The van der Waals surface area contributed by atoms with E-state index in [0.717, 1.165) is 29.1 Å². The van der Waals surface area contributed by atoms with Gasteiger partial charge in [0.2, 0.25) is 0 Å². The average Bonchev–Trinajstić information content (AvgIpc) is 2.51. The van der Waals surface area contributed by atoms with Gasteiger partial charge >= 0.3 is 0 Å². The molecule has 15 heavy (non-hydrogen) atoms. The Morgan fingerprint density at radius 1 is 0.800 bits per heavy atom. The molecule has 0 aromatic heterocycles. The second-order valence-corrected chi connectivity index (χ2v) is 7.33. The van der Waals surface area contributed by atoms with Gasteiger partial charge in [0.1, 0.15) is 0 Å². The second-order valence-electron chi connectivity index (χ2n) is 7.33. The maximum Gasteiger partial charge on any atom is -0.0230 e. The molecule has 0 nitrogen and oxygen atoms in total. The third-order valence-corrected chi connectivity index (χ3v) is 6.14. The van der Waals surface area contributed by atoms with Crippen molar-refractivity contribution in [3.05, 3.63) is 0 Å². The fraction of sp³-hybridized carbons (Fsp3) is 1.00. The molecule has 3 aliphatic carbocycles. The van der Waals surface area contributed by atoms with Gasteiger partial charge in [-0.2, -0.15) is 0 Å². The lowest BCUT2D eigenvalue weighted by atomic mass is 9.62. The summed E-state index contributed by atoms with van der Waals surface area (Å²) >= 11 is 0. The Morgan fingerprint density at radius 3 is 1.67 bits per heavy atom. The summed E-state index contributed by atoms with van der Waals surface area (Å²) in [6, 6.07) is 0. The molecule has 0 radical (unpaired) electrons. The van der Waals surface area contributed by atoms with Crippen LogP contribution in [0.3, 0.4) is 0 Å². The molecule has 2 atom stereocenters. The van der Waals surface area contributed by atoms with Gasteiger partial charge in [-0.15, -0.1) is 0 Å². The minimum absolute atomic E-state index is 0.903. The van der Waals surface area contributed by atoms with E-state index in [9.17, 15) is 0 Å². The SMILES string of the molecule is CC(C)C1CC2C(C1)C21CC(C(C)C)C1. The average molecular weight is 206 g/mol. The molecule has 0 heteroatoms. The molecule has 3 fully saturated rings. The van der Waals surface area contributed by atoms with Crippen LogP contribution in [0, 0.1) is 40.9 Å². The zero-order chi connectivity index (χ0) is 10.8. The summed E-state index contributed by atoms with van der Waals surface area (Å²) < 4.78 is 0. The number of rotatable bonds is 2. The fourth-order valence-corrected chi connectivity index (χ4v) is 4.75. The van der Waals surface area contributed by atoms with E-state index in [0.29, 0.717) is 0 Å². The lowest BCUT2D eigenvalue weighted by Gasteiger charge is -2.42. The van der Waals surface area contributed by atoms with E-state index in [1.54, 1.807) is 25.7 Å². The van der Waals surface area contributed by atoms with Crippen molar-refractivity contribution in [2.24, 2.45) is 40.9 Å². The molecule has 0 amide bonds. The van der Waals surface area contributed by atoms with Crippen LogP contribution in [0.2, 0.25) is 0 Å². The van der Waals surface area contributed by atoms with E-state index >= 15 is 0 Å². The van der Waals surface area contributed by atoms with E-state index in [2.05, 4.69) is 27.7 Å². The van der Waals surface area contributed by atoms with Crippen LogP contribution in [-0.4, -0.2) is 0 Å². The fourth-order valence-electron chi connectivity index (χ4n) is 4.75. The number of hydrogen-bond donors (Lipinski definition) is 0. The van der Waals surface area contributed by atoms with Gasteiger partial charge in [0.15, 0.2) is 0 Å². The van der Waals surface area contributed by atoms with Crippen molar-refractivity contribution < 1.29 is 0 Å². The van der Waals surface area contributed by atoms with Gasteiger partial charge < -0.3 is 0 Å². The minimum Gasteiger partial charge on any atom is -0.0625 e. The van der Waals surface area contributed by atoms with Gasteiger partial charge in [-0.1, -0.05) is 27.7 Å². The van der Waals surface area contributed by atoms with Crippen molar-refractivity contribution in [2.45, 2.75) is 53.4 Å². The van der Waals surface area contributed by atoms with Crippen molar-refractivity contribution in [1.29, 1.82) is 0 Å². The first kappa shape index (κ1) is 10.2. The molecule has 0 aromatic carbocycles. The first-order chi connectivity index (χ1) is 7.04. The van der Waals surface area contributed by atoms with E-state index in [-0.39, 0.29) is 0 Å². The summed E-state index contributed by atoms with van der Waals surface area (Å²) in [5.74, 6) is 6.37. The minimum atomic E-state index is 0.903. The molecule has 0 bridgehead atoms. The first-order valence-corrected chi connectivity index (χ1v) is 7.04. The van der Waals surface area contributed by atoms with Gasteiger partial charge in [0.05, 0.1) is 0 Å². The van der Waals surface area contributed by atoms with Crippen molar-refractivity contribution in [3.8, 4) is 0 Å². The summed E-state index contributed by atoms with van der Waals surface area (Å²) in [5.41, 5.74) is 0.903. The molecule has 0 aliphatic heterocycles. The highest BCUT2D eigenvalue weighted by Gasteiger charge is 2.72. The van der Waals surface area contributed by atoms with Crippen LogP contribution in [0.4, 0.5) is 0 Å². The predicted octanol–water partition coefficient (Wildman–Crippen LogP) is 4.35. The first-order valence-electron chi connectivity index (χ1n) is 7.04. The summed E-state index contributed by atoms with van der Waals surface area (Å²) in [6.07, 6.45) is 6.33. The highest BCUT2D eigenvalue weighted by molar-refractivity contribution is 5.20. The van der Waals surface area contributed by atoms with Crippen molar-refractivity contribution in [1.82, 2.24) is 0 Å². The Kier molecular flexibility index (Phi) is 2.05. The van der Waals surface area contributed by atoms with Crippen LogP contribution in [0.5, 0.6) is 0 Å². The van der Waals surface area contributed by atoms with Gasteiger partial charge in [0.25, 0.3) is 0 Å². The smallest absolute Gasteiger partial charge is 0.0230 e. The number of fused-ring (bicyclic) bond motifs is 3. The van der Waals surface area contributed by atoms with Gasteiger partial charge in [-0.3, -0.25) is 0 Å². The second kappa shape index (κ2) is 3.02. The quantitative estimate of drug-likeness (QED) is 0.630. The Labute approximate surface area is 94.8 Å². The molecule has 0 saturated heterocycles. The Balaban J connectivity index is 1.56. The van der Waals surface area contributed by atoms with Crippen LogP contribution >= 0.6 is 0 Å². The monoisotopic (exact) mass is 206 g/mol. The summed E-state index contributed by atoms with van der Waals surface area (Å²) in [7, 11) is 0. The molecule has 0 heterocycles. The highest BCUT2D eigenvalue weighted by atomic mass is 14.8. The number of hydrogen-bond acceptors (Lipinski definition) is 0. The lowest BCUT2D eigenvalue weighted by Crippen LogP contribution is -2.33. The summed E-state index contributed by atoms with van der Waals surface area (Å²) in [5, 5.41) is 0. The Bertz CT molecular complexity index is 243. The van der Waals surface area contributed by atoms with Crippen molar-refractivity contribution in [2.75, 3.05) is 0 Å². The highest BCUT2D eigenvalue weighted by Crippen LogP contribution is 2.79. The Morgan fingerprint density at radius 2 is 1.27 bits per heavy atom. The maximum absolute atomic E-state index is 2.42. The van der Waals surface area contributed by atoms with Crippen molar-refractivity contribution in [3.63, 3.8) is 0 Å². The standard InChI is InChI=1S/C15H26/c1-9(2)11-5-13-14(6-11)15(13)7-12(8-15)10(3)4/h9-14H,5-8H2,1-4H3. The molecular weight excluding hydrogens is 180 g/mol. The molecule has 3 aliphatic rings. The van der Waals surface area contributed by atoms with Crippen LogP contribution in [-0.2, 0) is 0 Å². The van der Waals surface area contributed by atoms with Gasteiger partial charge in [0, 0.05) is 0 Å². The molecule has 86 valence electrons. The van der Waals surface area contributed by atoms with E-state index in [1.165, 1.54) is 11.8 Å². The molecule has 3 saturated carbocycles. The van der Waals surface area contributed by atoms with E-state index in [1.807, 2.05) is 0 Å².